The molecule has 0 saturated carbocycles. The lowest BCUT2D eigenvalue weighted by Gasteiger charge is -2.33. The lowest BCUT2D eigenvalue weighted by atomic mass is 9.98. The third-order valence-corrected chi connectivity index (χ3v) is 3.46. The van der Waals surface area contributed by atoms with E-state index in [1.165, 1.54) is 9.80 Å². The Morgan fingerprint density at radius 2 is 1.85 bits per heavy atom. The molecular formula is C14H16N2O4. The summed E-state index contributed by atoms with van der Waals surface area (Å²) in [6.07, 6.45) is 0. The van der Waals surface area contributed by atoms with Gasteiger partial charge in [-0.3, -0.25) is 14.4 Å². The van der Waals surface area contributed by atoms with Crippen molar-refractivity contribution in [2.24, 2.45) is 0 Å². The van der Waals surface area contributed by atoms with Crippen molar-refractivity contribution in [3.05, 3.63) is 29.8 Å². The van der Waals surface area contributed by atoms with Crippen LogP contribution in [-0.4, -0.2) is 47.9 Å². The number of carbonyl (C=O) groups is 3. The van der Waals surface area contributed by atoms with Crippen LogP contribution in [0.5, 0.6) is 0 Å². The Balaban J connectivity index is 2.40. The van der Waals surface area contributed by atoms with Crippen LogP contribution in [0, 0.1) is 0 Å². The molecule has 0 spiro atoms. The van der Waals surface area contributed by atoms with Crippen LogP contribution in [0.25, 0.3) is 0 Å². The first-order valence-electron chi connectivity index (χ1n) is 6.28. The maximum atomic E-state index is 12.1. The molecule has 1 aliphatic heterocycles. The fraction of sp³-hybridized carbons (Fsp3) is 0.357. The second kappa shape index (κ2) is 5.32. The van der Waals surface area contributed by atoms with Gasteiger partial charge in [0, 0.05) is 12.7 Å². The van der Waals surface area contributed by atoms with Crippen molar-refractivity contribution in [2.75, 3.05) is 25.0 Å². The molecular weight excluding hydrogens is 260 g/mol. The fourth-order valence-corrected chi connectivity index (χ4v) is 2.17. The number of hydrogen-bond acceptors (Lipinski definition) is 3. The van der Waals surface area contributed by atoms with Crippen LogP contribution in [0.15, 0.2) is 24.3 Å². The summed E-state index contributed by atoms with van der Waals surface area (Å²) in [5.74, 6) is -2.08. The molecule has 106 valence electrons. The Kier molecular flexibility index (Phi) is 3.74. The number of carboxylic acid groups (broad SMARTS) is 1. The molecule has 1 aliphatic rings. The summed E-state index contributed by atoms with van der Waals surface area (Å²) in [6, 6.07) is 6.79. The van der Waals surface area contributed by atoms with Gasteiger partial charge in [0.2, 0.25) is 11.8 Å². The Labute approximate surface area is 116 Å². The SMILES string of the molecule is CC(C(=O)O)c1ccccc1N1CC(=O)N(C)CC1=O. The molecule has 2 amide bonds. The Morgan fingerprint density at radius 1 is 1.20 bits per heavy atom. The number of likely N-dealkylation sites (N-methyl/N-ethyl adjacent to an activating group) is 1. The van der Waals surface area contributed by atoms with Gasteiger partial charge >= 0.3 is 5.97 Å². The number of benzene rings is 1. The van der Waals surface area contributed by atoms with Crippen LogP contribution in [0.4, 0.5) is 5.69 Å². The molecule has 0 aromatic heterocycles. The molecule has 1 aromatic rings. The monoisotopic (exact) mass is 276 g/mol. The molecule has 1 atom stereocenters. The van der Waals surface area contributed by atoms with E-state index in [0.29, 0.717) is 11.3 Å². The van der Waals surface area contributed by atoms with E-state index in [1.54, 1.807) is 38.2 Å². The van der Waals surface area contributed by atoms with Gasteiger partial charge in [-0.05, 0) is 18.6 Å². The molecule has 2 rings (SSSR count). The summed E-state index contributed by atoms with van der Waals surface area (Å²) in [5, 5.41) is 9.14. The van der Waals surface area contributed by atoms with E-state index in [0.717, 1.165) is 0 Å². The van der Waals surface area contributed by atoms with E-state index in [2.05, 4.69) is 0 Å². The Morgan fingerprint density at radius 3 is 2.50 bits per heavy atom. The van der Waals surface area contributed by atoms with Gasteiger partial charge in [-0.1, -0.05) is 18.2 Å². The molecule has 1 heterocycles. The molecule has 0 bridgehead atoms. The molecule has 0 aliphatic carbocycles. The van der Waals surface area contributed by atoms with Gasteiger partial charge in [0.1, 0.15) is 6.54 Å². The number of aliphatic carboxylic acids is 1. The average molecular weight is 276 g/mol. The third-order valence-electron chi connectivity index (χ3n) is 3.46. The average Bonchev–Trinajstić information content (AvgIpc) is 2.42. The van der Waals surface area contributed by atoms with Gasteiger partial charge < -0.3 is 14.9 Å². The van der Waals surface area contributed by atoms with Gasteiger partial charge in [0.15, 0.2) is 0 Å². The highest BCUT2D eigenvalue weighted by atomic mass is 16.4. The molecule has 1 N–H and O–H groups in total. The number of rotatable bonds is 3. The summed E-state index contributed by atoms with van der Waals surface area (Å²) < 4.78 is 0. The van der Waals surface area contributed by atoms with Crippen LogP contribution < -0.4 is 4.90 Å². The maximum absolute atomic E-state index is 12.1. The number of nitrogens with zero attached hydrogens (tertiary/aromatic N) is 2. The van der Waals surface area contributed by atoms with Crippen LogP contribution in [0.3, 0.4) is 0 Å². The number of anilines is 1. The number of amides is 2. The number of carboxylic acids is 1. The third kappa shape index (κ3) is 2.49. The van der Waals surface area contributed by atoms with E-state index in [1.807, 2.05) is 0 Å². The first kappa shape index (κ1) is 14.0. The zero-order valence-electron chi connectivity index (χ0n) is 11.4. The van der Waals surface area contributed by atoms with Gasteiger partial charge in [-0.2, -0.15) is 0 Å². The van der Waals surface area contributed by atoms with E-state index >= 15 is 0 Å². The van der Waals surface area contributed by atoms with Crippen molar-refractivity contribution in [2.45, 2.75) is 12.8 Å². The van der Waals surface area contributed by atoms with Crippen LogP contribution in [0.2, 0.25) is 0 Å². The fourth-order valence-electron chi connectivity index (χ4n) is 2.17. The molecule has 0 radical (unpaired) electrons. The molecule has 1 saturated heterocycles. The zero-order chi connectivity index (χ0) is 14.9. The second-order valence-corrected chi connectivity index (χ2v) is 4.85. The summed E-state index contributed by atoms with van der Waals surface area (Å²) in [7, 11) is 1.57. The maximum Gasteiger partial charge on any atom is 0.310 e. The highest BCUT2D eigenvalue weighted by Gasteiger charge is 2.31. The van der Waals surface area contributed by atoms with Crippen LogP contribution in [0.1, 0.15) is 18.4 Å². The predicted molar refractivity (Wildman–Crippen MR) is 72.5 cm³/mol. The largest absolute Gasteiger partial charge is 0.481 e. The van der Waals surface area contributed by atoms with Gasteiger partial charge in [-0.25, -0.2) is 0 Å². The van der Waals surface area contributed by atoms with Crippen molar-refractivity contribution in [3.63, 3.8) is 0 Å². The van der Waals surface area contributed by atoms with Gasteiger partial charge in [-0.15, -0.1) is 0 Å². The van der Waals surface area contributed by atoms with Gasteiger partial charge in [0.05, 0.1) is 12.5 Å². The number of piperazine rings is 1. The van der Waals surface area contributed by atoms with Crippen molar-refractivity contribution >= 4 is 23.5 Å². The summed E-state index contributed by atoms with van der Waals surface area (Å²) in [6.45, 7) is 1.51. The van der Waals surface area contributed by atoms with E-state index in [-0.39, 0.29) is 24.9 Å². The molecule has 1 unspecified atom stereocenters. The smallest absolute Gasteiger partial charge is 0.310 e. The topological polar surface area (TPSA) is 77.9 Å². The van der Waals surface area contributed by atoms with E-state index in [4.69, 9.17) is 5.11 Å². The van der Waals surface area contributed by atoms with Crippen LogP contribution in [-0.2, 0) is 14.4 Å². The lowest BCUT2D eigenvalue weighted by Crippen LogP contribution is -2.52. The normalized spacial score (nSPS) is 17.3. The predicted octanol–water partition coefficient (Wildman–Crippen LogP) is 0.680. The highest BCUT2D eigenvalue weighted by molar-refractivity contribution is 6.05. The molecule has 6 heteroatoms. The van der Waals surface area contributed by atoms with Crippen molar-refractivity contribution in [3.8, 4) is 0 Å². The molecule has 1 aromatic carbocycles. The van der Waals surface area contributed by atoms with Gasteiger partial charge in [0.25, 0.3) is 0 Å². The lowest BCUT2D eigenvalue weighted by molar-refractivity contribution is -0.138. The highest BCUT2D eigenvalue weighted by Crippen LogP contribution is 2.29. The van der Waals surface area contributed by atoms with E-state index < -0.39 is 11.9 Å². The molecule has 20 heavy (non-hydrogen) atoms. The van der Waals surface area contributed by atoms with Crippen molar-refractivity contribution < 1.29 is 19.5 Å². The number of carbonyl (C=O) groups excluding carboxylic acids is 2. The standard InChI is InChI=1S/C14H16N2O4/c1-9(14(19)20)10-5-3-4-6-11(10)16-8-12(17)15(2)7-13(16)18/h3-6,9H,7-8H2,1-2H3,(H,19,20). The number of para-hydroxylation sites is 1. The Bertz CT molecular complexity index is 570. The minimum Gasteiger partial charge on any atom is -0.481 e. The van der Waals surface area contributed by atoms with Crippen molar-refractivity contribution in [1.29, 1.82) is 0 Å². The zero-order valence-corrected chi connectivity index (χ0v) is 11.4. The minimum absolute atomic E-state index is 0.00855. The molecule has 6 nitrogen and oxygen atoms in total. The first-order chi connectivity index (χ1) is 9.41. The first-order valence-corrected chi connectivity index (χ1v) is 6.28. The summed E-state index contributed by atoms with van der Waals surface area (Å²) >= 11 is 0. The Hall–Kier alpha value is -2.37. The number of hydrogen-bond donors (Lipinski definition) is 1. The summed E-state index contributed by atoms with van der Waals surface area (Å²) in [5.41, 5.74) is 1.03. The second-order valence-electron chi connectivity index (χ2n) is 4.85. The van der Waals surface area contributed by atoms with Crippen LogP contribution >= 0.6 is 0 Å². The quantitative estimate of drug-likeness (QED) is 0.880. The molecule has 1 fully saturated rings. The van der Waals surface area contributed by atoms with Crippen molar-refractivity contribution in [1.82, 2.24) is 4.90 Å². The summed E-state index contributed by atoms with van der Waals surface area (Å²) in [4.78, 5) is 37.7. The van der Waals surface area contributed by atoms with E-state index in [9.17, 15) is 14.4 Å². The minimum atomic E-state index is -0.967.